The molecule has 0 radical (unpaired) electrons. The van der Waals surface area contributed by atoms with Gasteiger partial charge in [0.1, 0.15) is 5.75 Å². The number of hydrogen-bond acceptors (Lipinski definition) is 4. The van der Waals surface area contributed by atoms with Crippen molar-refractivity contribution in [2.24, 2.45) is 5.10 Å². The summed E-state index contributed by atoms with van der Waals surface area (Å²) in [5.74, 6) is -0.247. The monoisotopic (exact) mass is 499 g/mol. The number of nitrogens with one attached hydrogen (secondary N) is 2. The van der Waals surface area contributed by atoms with Gasteiger partial charge in [0.2, 0.25) is 0 Å². The lowest BCUT2D eigenvalue weighted by Gasteiger charge is -2.10. The van der Waals surface area contributed by atoms with Crippen LogP contribution in [-0.4, -0.2) is 24.6 Å². The quantitative estimate of drug-likeness (QED) is 0.346. The molecule has 0 heterocycles. The van der Waals surface area contributed by atoms with Gasteiger partial charge in [0.15, 0.2) is 6.61 Å². The van der Waals surface area contributed by atoms with Crippen LogP contribution >= 0.6 is 27.5 Å². The zero-order valence-corrected chi connectivity index (χ0v) is 18.9. The Kier molecular flexibility index (Phi) is 7.81. The number of rotatable bonds is 7. The number of benzene rings is 3. The second-order valence-electron chi connectivity index (χ2n) is 6.59. The third-order valence-corrected chi connectivity index (χ3v) is 4.87. The van der Waals surface area contributed by atoms with Crippen molar-refractivity contribution in [1.82, 2.24) is 5.43 Å². The minimum Gasteiger partial charge on any atom is -0.483 e. The number of hydrazone groups is 1. The van der Waals surface area contributed by atoms with Crippen LogP contribution in [0.2, 0.25) is 5.02 Å². The lowest BCUT2D eigenvalue weighted by molar-refractivity contribution is -0.118. The molecule has 3 aromatic rings. The predicted molar refractivity (Wildman–Crippen MR) is 126 cm³/mol. The maximum atomic E-state index is 12.2. The Morgan fingerprint density at radius 1 is 1.10 bits per heavy atom. The number of ether oxygens (including phenoxy) is 1. The molecule has 6 nitrogen and oxygen atoms in total. The minimum absolute atomic E-state index is 0.193. The fourth-order valence-corrected chi connectivity index (χ4v) is 3.09. The smallest absolute Gasteiger partial charge is 0.271 e. The SMILES string of the molecule is Cc1cccc(NC(=O)COc2ccc(Cl)cc2/C=N/NC(=O)c2ccc(Br)cc2)c1. The van der Waals surface area contributed by atoms with Crippen molar-refractivity contribution in [3.63, 3.8) is 0 Å². The third-order valence-electron chi connectivity index (χ3n) is 4.11. The van der Waals surface area contributed by atoms with E-state index >= 15 is 0 Å². The molecule has 2 N–H and O–H groups in total. The molecule has 0 saturated carbocycles. The first-order valence-corrected chi connectivity index (χ1v) is 10.5. The third kappa shape index (κ3) is 6.94. The van der Waals surface area contributed by atoms with Gasteiger partial charge in [-0.05, 0) is 67.1 Å². The largest absolute Gasteiger partial charge is 0.483 e. The zero-order valence-electron chi connectivity index (χ0n) is 16.6. The Morgan fingerprint density at radius 3 is 2.61 bits per heavy atom. The van der Waals surface area contributed by atoms with Crippen molar-refractivity contribution in [3.05, 3.63) is 92.9 Å². The summed E-state index contributed by atoms with van der Waals surface area (Å²) >= 11 is 9.39. The number of hydrogen-bond donors (Lipinski definition) is 2. The number of carbonyl (C=O) groups excluding carboxylic acids is 2. The van der Waals surface area contributed by atoms with Crippen molar-refractivity contribution in [2.45, 2.75) is 6.92 Å². The average molecular weight is 501 g/mol. The van der Waals surface area contributed by atoms with Gasteiger partial charge < -0.3 is 10.1 Å². The summed E-state index contributed by atoms with van der Waals surface area (Å²) in [4.78, 5) is 24.4. The standard InChI is InChI=1S/C23H19BrClN3O3/c1-15-3-2-4-20(11-15)27-22(29)14-31-21-10-9-19(25)12-17(21)13-26-28-23(30)16-5-7-18(24)8-6-16/h2-13H,14H2,1H3,(H,27,29)(H,28,30)/b26-13+. The molecule has 0 unspecified atom stereocenters. The van der Waals surface area contributed by atoms with Gasteiger partial charge in [-0.2, -0.15) is 5.10 Å². The van der Waals surface area contributed by atoms with Gasteiger partial charge in [0.25, 0.3) is 11.8 Å². The highest BCUT2D eigenvalue weighted by Crippen LogP contribution is 2.21. The number of anilines is 1. The highest BCUT2D eigenvalue weighted by Gasteiger charge is 2.08. The average Bonchev–Trinajstić information content (AvgIpc) is 2.73. The van der Waals surface area contributed by atoms with E-state index in [4.69, 9.17) is 16.3 Å². The Hall–Kier alpha value is -3.16. The van der Waals surface area contributed by atoms with Gasteiger partial charge in [0, 0.05) is 26.3 Å². The summed E-state index contributed by atoms with van der Waals surface area (Å²) in [5, 5.41) is 7.22. The van der Waals surface area contributed by atoms with E-state index in [1.165, 1.54) is 6.21 Å². The first-order valence-electron chi connectivity index (χ1n) is 9.28. The van der Waals surface area contributed by atoms with E-state index in [-0.39, 0.29) is 18.4 Å². The minimum atomic E-state index is -0.356. The predicted octanol–water partition coefficient (Wildman–Crippen LogP) is 5.19. The van der Waals surface area contributed by atoms with Crippen LogP contribution in [-0.2, 0) is 4.79 Å². The molecule has 2 amide bonds. The summed E-state index contributed by atoms with van der Waals surface area (Å²) in [7, 11) is 0. The lowest BCUT2D eigenvalue weighted by Crippen LogP contribution is -2.20. The molecule has 3 rings (SSSR count). The highest BCUT2D eigenvalue weighted by atomic mass is 79.9. The summed E-state index contributed by atoms with van der Waals surface area (Å²) < 4.78 is 6.51. The normalized spacial score (nSPS) is 10.7. The van der Waals surface area contributed by atoms with E-state index in [9.17, 15) is 9.59 Å². The molecular formula is C23H19BrClN3O3. The fraction of sp³-hybridized carbons (Fsp3) is 0.0870. The second kappa shape index (κ2) is 10.7. The van der Waals surface area contributed by atoms with E-state index in [2.05, 4.69) is 31.8 Å². The molecule has 3 aromatic carbocycles. The van der Waals surface area contributed by atoms with Crippen molar-refractivity contribution >= 4 is 51.2 Å². The first kappa shape index (κ1) is 22.5. The molecule has 0 aromatic heterocycles. The summed E-state index contributed by atoms with van der Waals surface area (Å²) in [6.07, 6.45) is 1.41. The van der Waals surface area contributed by atoms with Gasteiger partial charge in [0.05, 0.1) is 6.21 Å². The summed E-state index contributed by atoms with van der Waals surface area (Å²) in [6.45, 7) is 1.75. The van der Waals surface area contributed by atoms with Gasteiger partial charge in [-0.25, -0.2) is 5.43 Å². The molecule has 0 atom stereocenters. The molecule has 0 bridgehead atoms. The zero-order chi connectivity index (χ0) is 22.2. The number of carbonyl (C=O) groups is 2. The van der Waals surface area contributed by atoms with Gasteiger partial charge in [-0.3, -0.25) is 9.59 Å². The molecule has 31 heavy (non-hydrogen) atoms. The van der Waals surface area contributed by atoms with Crippen LogP contribution in [0.4, 0.5) is 5.69 Å². The molecule has 0 saturated heterocycles. The van der Waals surface area contributed by atoms with Crippen LogP contribution in [0, 0.1) is 6.92 Å². The van der Waals surface area contributed by atoms with E-state index in [1.54, 1.807) is 48.5 Å². The highest BCUT2D eigenvalue weighted by molar-refractivity contribution is 9.10. The summed E-state index contributed by atoms with van der Waals surface area (Å²) in [5.41, 5.74) is 5.18. The van der Waals surface area contributed by atoms with Crippen LogP contribution in [0.25, 0.3) is 0 Å². The van der Waals surface area contributed by atoms with Crippen molar-refractivity contribution in [3.8, 4) is 5.75 Å². The van der Waals surface area contributed by atoms with E-state index in [0.717, 1.165) is 10.0 Å². The first-order chi connectivity index (χ1) is 14.9. The molecule has 0 aliphatic heterocycles. The van der Waals surface area contributed by atoms with Crippen molar-refractivity contribution in [2.75, 3.05) is 11.9 Å². The summed E-state index contributed by atoms with van der Waals surface area (Å²) in [6, 6.07) is 19.3. The molecule has 8 heteroatoms. The Balaban J connectivity index is 1.61. The Labute approximate surface area is 193 Å². The number of nitrogens with zero attached hydrogens (tertiary/aromatic N) is 1. The molecule has 0 aliphatic rings. The lowest BCUT2D eigenvalue weighted by atomic mass is 10.2. The van der Waals surface area contributed by atoms with Gasteiger partial charge in [-0.15, -0.1) is 0 Å². The van der Waals surface area contributed by atoms with Crippen LogP contribution in [0.1, 0.15) is 21.5 Å². The maximum Gasteiger partial charge on any atom is 0.271 e. The van der Waals surface area contributed by atoms with Crippen LogP contribution in [0.3, 0.4) is 0 Å². The fourth-order valence-electron chi connectivity index (χ4n) is 2.64. The van der Waals surface area contributed by atoms with Crippen molar-refractivity contribution < 1.29 is 14.3 Å². The number of amides is 2. The van der Waals surface area contributed by atoms with Crippen LogP contribution < -0.4 is 15.5 Å². The van der Waals surface area contributed by atoms with Crippen LogP contribution in [0.15, 0.2) is 76.3 Å². The molecule has 0 spiro atoms. The molecular weight excluding hydrogens is 482 g/mol. The Morgan fingerprint density at radius 2 is 1.87 bits per heavy atom. The number of halogens is 2. The van der Waals surface area contributed by atoms with E-state index in [0.29, 0.717) is 27.6 Å². The van der Waals surface area contributed by atoms with Gasteiger partial charge >= 0.3 is 0 Å². The number of aryl methyl sites for hydroxylation is 1. The Bertz CT molecular complexity index is 1120. The second-order valence-corrected chi connectivity index (χ2v) is 7.95. The van der Waals surface area contributed by atoms with E-state index < -0.39 is 0 Å². The molecule has 158 valence electrons. The molecule has 0 aliphatic carbocycles. The van der Waals surface area contributed by atoms with Crippen molar-refractivity contribution in [1.29, 1.82) is 0 Å². The van der Waals surface area contributed by atoms with Gasteiger partial charge in [-0.1, -0.05) is 39.7 Å². The molecule has 0 fully saturated rings. The van der Waals surface area contributed by atoms with Crippen LogP contribution in [0.5, 0.6) is 5.75 Å². The topological polar surface area (TPSA) is 79.8 Å². The maximum absolute atomic E-state index is 12.2. The van der Waals surface area contributed by atoms with E-state index in [1.807, 2.05) is 25.1 Å².